The van der Waals surface area contributed by atoms with E-state index in [9.17, 15) is 0 Å². The molecule has 0 aliphatic heterocycles. The average Bonchev–Trinajstić information content (AvgIpc) is 2.48. The molecule has 0 unspecified atom stereocenters. The molecule has 0 fully saturated rings. The van der Waals surface area contributed by atoms with Crippen LogP contribution in [0.5, 0.6) is 11.5 Å². The molecule has 1 N–H and O–H groups in total. The summed E-state index contributed by atoms with van der Waals surface area (Å²) >= 11 is 3.47. The van der Waals surface area contributed by atoms with E-state index in [1.54, 1.807) is 7.11 Å². The van der Waals surface area contributed by atoms with Gasteiger partial charge in [-0.15, -0.1) is 0 Å². The minimum absolute atomic E-state index is 0.639. The Hall–Kier alpha value is -1.52. The van der Waals surface area contributed by atoms with E-state index in [0.717, 1.165) is 34.6 Å². The molecular weight excluding hydrogens is 318 g/mol. The van der Waals surface area contributed by atoms with E-state index in [1.807, 2.05) is 42.5 Å². The molecule has 2 aromatic carbocycles. The summed E-state index contributed by atoms with van der Waals surface area (Å²) in [6, 6.07) is 15.8. The van der Waals surface area contributed by atoms with Gasteiger partial charge >= 0.3 is 0 Å². The number of benzene rings is 2. The van der Waals surface area contributed by atoms with Gasteiger partial charge in [-0.1, -0.05) is 34.1 Å². The molecule has 20 heavy (non-hydrogen) atoms. The normalized spacial score (nSPS) is 10.3. The third-order valence-electron chi connectivity index (χ3n) is 2.85. The SMILES string of the molecule is COc1ccc(Br)cc1CNCCOc1ccccc1. The van der Waals surface area contributed by atoms with E-state index < -0.39 is 0 Å². The predicted octanol–water partition coefficient (Wildman–Crippen LogP) is 3.63. The molecule has 0 saturated carbocycles. The highest BCUT2D eigenvalue weighted by atomic mass is 79.9. The van der Waals surface area contributed by atoms with Crippen LogP contribution in [-0.4, -0.2) is 20.3 Å². The number of rotatable bonds is 7. The van der Waals surface area contributed by atoms with Gasteiger partial charge in [-0.05, 0) is 30.3 Å². The van der Waals surface area contributed by atoms with Crippen LogP contribution < -0.4 is 14.8 Å². The largest absolute Gasteiger partial charge is 0.496 e. The van der Waals surface area contributed by atoms with Crippen molar-refractivity contribution >= 4 is 15.9 Å². The summed E-state index contributed by atoms with van der Waals surface area (Å²) < 4.78 is 12.0. The molecule has 0 radical (unpaired) electrons. The van der Waals surface area contributed by atoms with E-state index in [0.29, 0.717) is 6.61 Å². The van der Waals surface area contributed by atoms with Crippen molar-refractivity contribution in [2.75, 3.05) is 20.3 Å². The number of hydrogen-bond donors (Lipinski definition) is 1. The van der Waals surface area contributed by atoms with Crippen LogP contribution in [0.15, 0.2) is 53.0 Å². The van der Waals surface area contributed by atoms with Gasteiger partial charge in [0.25, 0.3) is 0 Å². The quantitative estimate of drug-likeness (QED) is 0.784. The zero-order chi connectivity index (χ0) is 14.2. The zero-order valence-electron chi connectivity index (χ0n) is 11.4. The summed E-state index contributed by atoms with van der Waals surface area (Å²) in [5.41, 5.74) is 1.13. The van der Waals surface area contributed by atoms with Gasteiger partial charge in [-0.3, -0.25) is 0 Å². The van der Waals surface area contributed by atoms with E-state index in [1.165, 1.54) is 0 Å². The number of ether oxygens (including phenoxy) is 2. The van der Waals surface area contributed by atoms with E-state index >= 15 is 0 Å². The Kier molecular flexibility index (Phi) is 5.89. The zero-order valence-corrected chi connectivity index (χ0v) is 13.0. The van der Waals surface area contributed by atoms with Gasteiger partial charge in [-0.25, -0.2) is 0 Å². The molecule has 0 saturated heterocycles. The number of methoxy groups -OCH3 is 1. The van der Waals surface area contributed by atoms with Crippen LogP contribution in [0, 0.1) is 0 Å². The Morgan fingerprint density at radius 2 is 1.90 bits per heavy atom. The highest BCUT2D eigenvalue weighted by Crippen LogP contribution is 2.22. The number of halogens is 1. The lowest BCUT2D eigenvalue weighted by Crippen LogP contribution is -2.20. The number of nitrogens with one attached hydrogen (secondary N) is 1. The number of para-hydroxylation sites is 1. The maximum atomic E-state index is 5.62. The first-order chi connectivity index (χ1) is 9.79. The highest BCUT2D eigenvalue weighted by molar-refractivity contribution is 9.10. The molecule has 4 heteroatoms. The second-order valence-corrected chi connectivity index (χ2v) is 5.21. The number of hydrogen-bond acceptors (Lipinski definition) is 3. The maximum Gasteiger partial charge on any atom is 0.123 e. The standard InChI is InChI=1S/C16H18BrNO2/c1-19-16-8-7-14(17)11-13(16)12-18-9-10-20-15-5-3-2-4-6-15/h2-8,11,18H,9-10,12H2,1H3. The first-order valence-corrected chi connectivity index (χ1v) is 7.30. The molecular formula is C16H18BrNO2. The summed E-state index contributed by atoms with van der Waals surface area (Å²) in [6.07, 6.45) is 0. The summed E-state index contributed by atoms with van der Waals surface area (Å²) in [6.45, 7) is 2.17. The maximum absolute atomic E-state index is 5.62. The second kappa shape index (κ2) is 7.92. The molecule has 106 valence electrons. The monoisotopic (exact) mass is 335 g/mol. The Balaban J connectivity index is 1.75. The van der Waals surface area contributed by atoms with Gasteiger partial charge in [0, 0.05) is 23.1 Å². The van der Waals surface area contributed by atoms with Crippen molar-refractivity contribution in [2.24, 2.45) is 0 Å². The molecule has 2 rings (SSSR count). The van der Waals surface area contributed by atoms with Crippen LogP contribution in [0.4, 0.5) is 0 Å². The van der Waals surface area contributed by atoms with Gasteiger partial charge in [-0.2, -0.15) is 0 Å². The second-order valence-electron chi connectivity index (χ2n) is 4.29. The third-order valence-corrected chi connectivity index (χ3v) is 3.34. The lowest BCUT2D eigenvalue weighted by Gasteiger charge is -2.11. The molecule has 0 amide bonds. The van der Waals surface area contributed by atoms with Gasteiger partial charge < -0.3 is 14.8 Å². The fourth-order valence-corrected chi connectivity index (χ4v) is 2.27. The van der Waals surface area contributed by atoms with Crippen molar-refractivity contribution in [3.8, 4) is 11.5 Å². The first-order valence-electron chi connectivity index (χ1n) is 6.50. The van der Waals surface area contributed by atoms with Gasteiger partial charge in [0.05, 0.1) is 7.11 Å². The molecule has 0 atom stereocenters. The molecule has 2 aromatic rings. The van der Waals surface area contributed by atoms with Crippen molar-refractivity contribution in [3.05, 3.63) is 58.6 Å². The lowest BCUT2D eigenvalue weighted by atomic mass is 10.2. The average molecular weight is 336 g/mol. The van der Waals surface area contributed by atoms with Gasteiger partial charge in [0.15, 0.2) is 0 Å². The van der Waals surface area contributed by atoms with Crippen molar-refractivity contribution < 1.29 is 9.47 Å². The van der Waals surface area contributed by atoms with Crippen LogP contribution in [0.2, 0.25) is 0 Å². The summed E-state index contributed by atoms with van der Waals surface area (Å²) in [5, 5.41) is 3.35. The van der Waals surface area contributed by atoms with Gasteiger partial charge in [0.2, 0.25) is 0 Å². The minimum atomic E-state index is 0.639. The smallest absolute Gasteiger partial charge is 0.123 e. The fourth-order valence-electron chi connectivity index (χ4n) is 1.87. The van der Waals surface area contributed by atoms with Crippen LogP contribution in [0.25, 0.3) is 0 Å². The van der Waals surface area contributed by atoms with E-state index in [4.69, 9.17) is 9.47 Å². The van der Waals surface area contributed by atoms with Crippen LogP contribution >= 0.6 is 15.9 Å². The molecule has 0 aromatic heterocycles. The van der Waals surface area contributed by atoms with Crippen molar-refractivity contribution in [1.82, 2.24) is 5.32 Å². The van der Waals surface area contributed by atoms with Crippen molar-refractivity contribution in [3.63, 3.8) is 0 Å². The van der Waals surface area contributed by atoms with E-state index in [2.05, 4.69) is 27.3 Å². The molecule has 3 nitrogen and oxygen atoms in total. The van der Waals surface area contributed by atoms with Gasteiger partial charge in [0.1, 0.15) is 18.1 Å². The van der Waals surface area contributed by atoms with E-state index in [-0.39, 0.29) is 0 Å². The summed E-state index contributed by atoms with van der Waals surface area (Å²) in [5.74, 6) is 1.79. The summed E-state index contributed by atoms with van der Waals surface area (Å²) in [4.78, 5) is 0. The molecule has 0 bridgehead atoms. The Bertz CT molecular complexity index is 531. The lowest BCUT2D eigenvalue weighted by molar-refractivity contribution is 0.313. The minimum Gasteiger partial charge on any atom is -0.496 e. The molecule has 0 heterocycles. The topological polar surface area (TPSA) is 30.5 Å². The molecule has 0 aliphatic rings. The van der Waals surface area contributed by atoms with Crippen LogP contribution in [0.1, 0.15) is 5.56 Å². The molecule has 0 spiro atoms. The Morgan fingerprint density at radius 1 is 1.10 bits per heavy atom. The first kappa shape index (κ1) is 14.9. The fraction of sp³-hybridized carbons (Fsp3) is 0.250. The molecule has 0 aliphatic carbocycles. The van der Waals surface area contributed by atoms with Crippen molar-refractivity contribution in [2.45, 2.75) is 6.54 Å². The van der Waals surface area contributed by atoms with Crippen LogP contribution in [0.3, 0.4) is 0 Å². The summed E-state index contributed by atoms with van der Waals surface area (Å²) in [7, 11) is 1.69. The van der Waals surface area contributed by atoms with Crippen LogP contribution in [-0.2, 0) is 6.54 Å². The Morgan fingerprint density at radius 3 is 2.65 bits per heavy atom. The third kappa shape index (κ3) is 4.54. The highest BCUT2D eigenvalue weighted by Gasteiger charge is 2.03. The predicted molar refractivity (Wildman–Crippen MR) is 84.3 cm³/mol. The Labute approximate surface area is 128 Å². The van der Waals surface area contributed by atoms with Crippen molar-refractivity contribution in [1.29, 1.82) is 0 Å².